The van der Waals surface area contributed by atoms with E-state index in [-0.39, 0.29) is 17.0 Å². The van der Waals surface area contributed by atoms with Gasteiger partial charge in [-0.1, -0.05) is 30.3 Å². The third kappa shape index (κ3) is 6.01. The molecule has 27 heavy (non-hydrogen) atoms. The Labute approximate surface area is 156 Å². The first kappa shape index (κ1) is 20.3. The summed E-state index contributed by atoms with van der Waals surface area (Å²) in [5, 5.41) is 11.0. The lowest BCUT2D eigenvalue weighted by Gasteiger charge is -2.11. The van der Waals surface area contributed by atoms with Crippen LogP contribution in [-0.4, -0.2) is 37.7 Å². The van der Waals surface area contributed by atoms with E-state index in [4.69, 9.17) is 5.11 Å². The molecule has 3 N–H and O–H groups in total. The van der Waals surface area contributed by atoms with Gasteiger partial charge >= 0.3 is 5.97 Å². The van der Waals surface area contributed by atoms with E-state index in [0.717, 1.165) is 0 Å². The van der Waals surface area contributed by atoms with Crippen molar-refractivity contribution in [1.29, 1.82) is 0 Å². The summed E-state index contributed by atoms with van der Waals surface area (Å²) in [5.41, 5.74) is 0.852. The molecule has 2 rings (SSSR count). The first-order chi connectivity index (χ1) is 12.8. The highest BCUT2D eigenvalue weighted by Crippen LogP contribution is 2.10. The van der Waals surface area contributed by atoms with Crippen LogP contribution in [0.4, 0.5) is 0 Å². The largest absolute Gasteiger partial charge is 0.481 e. The second-order valence-electron chi connectivity index (χ2n) is 5.65. The highest BCUT2D eigenvalue weighted by atomic mass is 32.2. The second-order valence-corrected chi connectivity index (χ2v) is 7.42. The fraction of sp³-hybridized carbons (Fsp3) is 0.167. The Balaban J connectivity index is 1.97. The number of nitrogens with one attached hydrogen (secondary N) is 2. The van der Waals surface area contributed by atoms with Crippen molar-refractivity contribution >= 4 is 28.2 Å². The maximum atomic E-state index is 12.2. The van der Waals surface area contributed by atoms with Crippen LogP contribution in [0.15, 0.2) is 59.5 Å². The number of aliphatic carboxylic acids is 1. The molecule has 0 spiro atoms. The molecule has 142 valence electrons. The number of carbonyl (C=O) groups is 3. The molecular weight excluding hydrogens is 372 g/mol. The zero-order valence-corrected chi connectivity index (χ0v) is 15.0. The van der Waals surface area contributed by atoms with Crippen LogP contribution in [-0.2, 0) is 26.2 Å². The molecule has 0 aliphatic carbocycles. The van der Waals surface area contributed by atoms with Gasteiger partial charge in [-0.05, 0) is 29.8 Å². The number of sulfonamides is 1. The molecule has 0 unspecified atom stereocenters. The van der Waals surface area contributed by atoms with Crippen LogP contribution in [0.2, 0.25) is 0 Å². The van der Waals surface area contributed by atoms with Crippen molar-refractivity contribution in [1.82, 2.24) is 10.0 Å². The lowest BCUT2D eigenvalue weighted by atomic mass is 10.1. The fourth-order valence-corrected chi connectivity index (χ4v) is 3.25. The maximum Gasteiger partial charge on any atom is 0.305 e. The summed E-state index contributed by atoms with van der Waals surface area (Å²) in [5.74, 6) is -1.79. The van der Waals surface area contributed by atoms with Crippen molar-refractivity contribution < 1.29 is 27.9 Å². The molecule has 0 fully saturated rings. The SMILES string of the molecule is O=C[C@H](CC(=O)O)NC(=O)c1ccc(CNS(=O)(=O)c2ccccc2)cc1. The molecule has 2 aromatic carbocycles. The Morgan fingerprint density at radius 3 is 2.22 bits per heavy atom. The van der Waals surface area contributed by atoms with Gasteiger partial charge < -0.3 is 15.2 Å². The number of carboxylic acid groups (broad SMARTS) is 1. The minimum Gasteiger partial charge on any atom is -0.481 e. The molecule has 0 bridgehead atoms. The van der Waals surface area contributed by atoms with Crippen molar-refractivity contribution in [3.63, 3.8) is 0 Å². The van der Waals surface area contributed by atoms with Crippen molar-refractivity contribution in [3.05, 3.63) is 65.7 Å². The maximum absolute atomic E-state index is 12.2. The zero-order valence-electron chi connectivity index (χ0n) is 14.2. The van der Waals surface area contributed by atoms with Gasteiger partial charge in [0.15, 0.2) is 0 Å². The summed E-state index contributed by atoms with van der Waals surface area (Å²) in [6.07, 6.45) is -0.145. The first-order valence-corrected chi connectivity index (χ1v) is 9.42. The third-order valence-corrected chi connectivity index (χ3v) is 5.03. The van der Waals surface area contributed by atoms with E-state index in [2.05, 4.69) is 10.0 Å². The standard InChI is InChI=1S/C18H18N2O6S/c21-12-15(10-17(22)23)20-18(24)14-8-6-13(7-9-14)11-19-27(25,26)16-4-2-1-3-5-16/h1-9,12,15,19H,10-11H2,(H,20,24)(H,22,23)/t15-/m0/s1. The van der Waals surface area contributed by atoms with Gasteiger partial charge in [0.2, 0.25) is 10.0 Å². The quantitative estimate of drug-likeness (QED) is 0.546. The normalized spacial score (nSPS) is 12.1. The molecule has 0 aliphatic heterocycles. The molecule has 0 saturated heterocycles. The van der Waals surface area contributed by atoms with E-state index in [1.807, 2.05) is 0 Å². The number of amides is 1. The van der Waals surface area contributed by atoms with E-state index in [1.54, 1.807) is 30.3 Å². The van der Waals surface area contributed by atoms with Crippen LogP contribution in [0.25, 0.3) is 0 Å². The van der Waals surface area contributed by atoms with E-state index in [9.17, 15) is 22.8 Å². The van der Waals surface area contributed by atoms with Crippen molar-refractivity contribution in [2.24, 2.45) is 0 Å². The molecule has 0 heterocycles. The first-order valence-electron chi connectivity index (χ1n) is 7.93. The predicted molar refractivity (Wildman–Crippen MR) is 96.5 cm³/mol. The smallest absolute Gasteiger partial charge is 0.305 e. The molecular formula is C18H18N2O6S. The van der Waals surface area contributed by atoms with E-state index >= 15 is 0 Å². The van der Waals surface area contributed by atoms with Gasteiger partial charge in [0, 0.05) is 12.1 Å². The Morgan fingerprint density at radius 1 is 1.04 bits per heavy atom. The van der Waals surface area contributed by atoms with Gasteiger partial charge in [0.1, 0.15) is 6.29 Å². The van der Waals surface area contributed by atoms with Gasteiger partial charge in [-0.3, -0.25) is 9.59 Å². The summed E-state index contributed by atoms with van der Waals surface area (Å²) in [4.78, 5) is 33.6. The molecule has 9 heteroatoms. The Kier molecular flexibility index (Phi) is 6.80. The molecule has 0 saturated carbocycles. The summed E-state index contributed by atoms with van der Waals surface area (Å²) in [6, 6.07) is 12.9. The van der Waals surface area contributed by atoms with E-state index in [1.165, 1.54) is 24.3 Å². The van der Waals surface area contributed by atoms with Crippen LogP contribution in [0.5, 0.6) is 0 Å². The number of hydrogen-bond donors (Lipinski definition) is 3. The van der Waals surface area contributed by atoms with Crippen molar-refractivity contribution in [3.8, 4) is 0 Å². The second kappa shape index (κ2) is 9.06. The Morgan fingerprint density at radius 2 is 1.67 bits per heavy atom. The van der Waals surface area contributed by atoms with Gasteiger partial charge in [-0.25, -0.2) is 13.1 Å². The summed E-state index contributed by atoms with van der Waals surface area (Å²) in [6.45, 7) is 0.0368. The Hall–Kier alpha value is -3.04. The average Bonchev–Trinajstić information content (AvgIpc) is 2.66. The van der Waals surface area contributed by atoms with Crippen LogP contribution in [0, 0.1) is 0 Å². The van der Waals surface area contributed by atoms with Crippen molar-refractivity contribution in [2.45, 2.75) is 23.9 Å². The number of carbonyl (C=O) groups excluding carboxylic acids is 2. The number of rotatable bonds is 9. The number of aldehydes is 1. The van der Waals surface area contributed by atoms with Crippen LogP contribution >= 0.6 is 0 Å². The lowest BCUT2D eigenvalue weighted by molar-refractivity contribution is -0.138. The van der Waals surface area contributed by atoms with E-state index in [0.29, 0.717) is 11.8 Å². The average molecular weight is 390 g/mol. The predicted octanol–water partition coefficient (Wildman–Crippen LogP) is 0.937. The summed E-state index contributed by atoms with van der Waals surface area (Å²) >= 11 is 0. The fourth-order valence-electron chi connectivity index (χ4n) is 2.21. The summed E-state index contributed by atoms with van der Waals surface area (Å²) in [7, 11) is -3.64. The topological polar surface area (TPSA) is 130 Å². The number of benzene rings is 2. The molecule has 2 aromatic rings. The molecule has 1 amide bonds. The van der Waals surface area contributed by atoms with Crippen LogP contribution < -0.4 is 10.0 Å². The van der Waals surface area contributed by atoms with Gasteiger partial charge in [0.05, 0.1) is 17.4 Å². The number of hydrogen-bond acceptors (Lipinski definition) is 5. The lowest BCUT2D eigenvalue weighted by Crippen LogP contribution is -2.37. The van der Waals surface area contributed by atoms with E-state index < -0.39 is 34.4 Å². The molecule has 0 aromatic heterocycles. The molecule has 1 atom stereocenters. The van der Waals surface area contributed by atoms with Crippen LogP contribution in [0.1, 0.15) is 22.3 Å². The minimum atomic E-state index is -3.64. The van der Waals surface area contributed by atoms with Gasteiger partial charge in [0.25, 0.3) is 5.91 Å². The summed E-state index contributed by atoms with van der Waals surface area (Å²) < 4.78 is 26.8. The Bertz CT molecular complexity index is 911. The van der Waals surface area contributed by atoms with Gasteiger partial charge in [-0.2, -0.15) is 0 Å². The van der Waals surface area contributed by atoms with Gasteiger partial charge in [-0.15, -0.1) is 0 Å². The zero-order chi connectivity index (χ0) is 19.9. The monoisotopic (exact) mass is 390 g/mol. The van der Waals surface area contributed by atoms with Crippen LogP contribution in [0.3, 0.4) is 0 Å². The molecule has 0 aliphatic rings. The highest BCUT2D eigenvalue weighted by molar-refractivity contribution is 7.89. The molecule has 0 radical (unpaired) electrons. The third-order valence-electron chi connectivity index (χ3n) is 3.61. The minimum absolute atomic E-state index is 0.0368. The highest BCUT2D eigenvalue weighted by Gasteiger charge is 2.16. The van der Waals surface area contributed by atoms with Crippen molar-refractivity contribution in [2.75, 3.05) is 0 Å². The number of carboxylic acids is 1. The molecule has 8 nitrogen and oxygen atoms in total.